The lowest BCUT2D eigenvalue weighted by Gasteiger charge is -2.31. The summed E-state index contributed by atoms with van der Waals surface area (Å²) in [6.45, 7) is 0.869. The van der Waals surface area contributed by atoms with Gasteiger partial charge in [0.1, 0.15) is 5.82 Å². The minimum atomic E-state index is -5.05. The van der Waals surface area contributed by atoms with E-state index < -0.39 is 30.0 Å². The van der Waals surface area contributed by atoms with Gasteiger partial charge in [-0.1, -0.05) is 12.1 Å². The van der Waals surface area contributed by atoms with Crippen molar-refractivity contribution >= 4 is 11.6 Å². The molecule has 0 saturated carbocycles. The molecule has 8 heteroatoms. The fourth-order valence-electron chi connectivity index (χ4n) is 1.90. The van der Waals surface area contributed by atoms with Crippen LogP contribution in [0.25, 0.3) is 0 Å². The van der Waals surface area contributed by atoms with Gasteiger partial charge >= 0.3 is 6.18 Å². The molecule has 1 aliphatic rings. The Labute approximate surface area is 111 Å². The topological polar surface area (TPSA) is 52.9 Å². The van der Waals surface area contributed by atoms with Crippen LogP contribution in [0.1, 0.15) is 18.9 Å². The lowest BCUT2D eigenvalue weighted by atomic mass is 10.0. The largest absolute Gasteiger partial charge is 0.438 e. The Morgan fingerprint density at radius 3 is 2.30 bits per heavy atom. The van der Waals surface area contributed by atoms with Gasteiger partial charge in [0.15, 0.2) is 0 Å². The second-order valence-electron chi connectivity index (χ2n) is 4.38. The highest BCUT2D eigenvalue weighted by Crippen LogP contribution is 2.41. The zero-order valence-electron chi connectivity index (χ0n) is 10.3. The molecule has 0 saturated heterocycles. The monoisotopic (exact) mass is 290 g/mol. The summed E-state index contributed by atoms with van der Waals surface area (Å²) in [6, 6.07) is 4.57. The standard InChI is InChI=1S/C12H10F4N2O2/c1-7(19)18-11(20,12(14,15)16)6-10(17-18)8-2-4-9(13)5-3-8/h2-5,20H,6H2,1H3. The fraction of sp³-hybridized carbons (Fsp3) is 0.333. The molecule has 108 valence electrons. The highest BCUT2D eigenvalue weighted by atomic mass is 19.4. The molecule has 0 spiro atoms. The third-order valence-electron chi connectivity index (χ3n) is 2.91. The van der Waals surface area contributed by atoms with E-state index in [4.69, 9.17) is 0 Å². The zero-order chi connectivity index (χ0) is 15.1. The molecule has 0 aromatic heterocycles. The second kappa shape index (κ2) is 4.55. The first kappa shape index (κ1) is 14.4. The van der Waals surface area contributed by atoms with Crippen LogP contribution in [0.2, 0.25) is 0 Å². The molecule has 1 aromatic carbocycles. The van der Waals surface area contributed by atoms with E-state index in [-0.39, 0.29) is 16.3 Å². The summed E-state index contributed by atoms with van der Waals surface area (Å²) >= 11 is 0. The van der Waals surface area contributed by atoms with E-state index in [2.05, 4.69) is 5.10 Å². The third kappa shape index (κ3) is 2.26. The number of carbonyl (C=O) groups excluding carboxylic acids is 1. The quantitative estimate of drug-likeness (QED) is 0.805. The van der Waals surface area contributed by atoms with Crippen molar-refractivity contribution < 1.29 is 27.5 Å². The number of amides is 1. The molecule has 1 amide bonds. The van der Waals surface area contributed by atoms with Crippen LogP contribution in [-0.4, -0.2) is 33.6 Å². The van der Waals surface area contributed by atoms with Crippen LogP contribution in [-0.2, 0) is 4.79 Å². The van der Waals surface area contributed by atoms with Crippen molar-refractivity contribution in [2.75, 3.05) is 0 Å². The van der Waals surface area contributed by atoms with Crippen LogP contribution in [0.4, 0.5) is 17.6 Å². The molecule has 1 aliphatic heterocycles. The predicted molar refractivity (Wildman–Crippen MR) is 61.1 cm³/mol. The van der Waals surface area contributed by atoms with Crippen LogP contribution < -0.4 is 0 Å². The smallest absolute Gasteiger partial charge is 0.362 e. The average molecular weight is 290 g/mol. The van der Waals surface area contributed by atoms with Crippen molar-refractivity contribution in [2.45, 2.75) is 25.2 Å². The number of hydrogen-bond donors (Lipinski definition) is 1. The normalized spacial score (nSPS) is 22.9. The first-order valence-corrected chi connectivity index (χ1v) is 5.58. The molecule has 0 radical (unpaired) electrons. The van der Waals surface area contributed by atoms with Crippen LogP contribution in [0, 0.1) is 5.82 Å². The number of nitrogens with zero attached hydrogens (tertiary/aromatic N) is 2. The summed E-state index contributed by atoms with van der Waals surface area (Å²) < 4.78 is 51.6. The molecule has 2 rings (SSSR count). The molecule has 1 heterocycles. The molecule has 1 atom stereocenters. The number of aliphatic hydroxyl groups is 1. The summed E-state index contributed by atoms with van der Waals surface area (Å²) in [4.78, 5) is 11.2. The Kier molecular flexibility index (Phi) is 3.29. The maximum atomic E-state index is 12.9. The summed E-state index contributed by atoms with van der Waals surface area (Å²) in [5.74, 6) is -1.59. The first-order valence-electron chi connectivity index (χ1n) is 5.58. The van der Waals surface area contributed by atoms with Gasteiger partial charge in [0.05, 0.1) is 12.1 Å². The third-order valence-corrected chi connectivity index (χ3v) is 2.91. The number of halogens is 4. The maximum absolute atomic E-state index is 12.9. The Morgan fingerprint density at radius 2 is 1.90 bits per heavy atom. The van der Waals surface area contributed by atoms with Gasteiger partial charge in [-0.2, -0.15) is 23.3 Å². The van der Waals surface area contributed by atoms with E-state index in [9.17, 15) is 27.5 Å². The highest BCUT2D eigenvalue weighted by Gasteiger charge is 2.62. The van der Waals surface area contributed by atoms with Gasteiger partial charge in [0, 0.05) is 6.92 Å². The Bertz CT molecular complexity index is 568. The first-order chi connectivity index (χ1) is 9.15. The van der Waals surface area contributed by atoms with E-state index in [0.717, 1.165) is 19.1 Å². The molecular weight excluding hydrogens is 280 g/mol. The molecule has 1 N–H and O–H groups in total. The van der Waals surface area contributed by atoms with Crippen LogP contribution >= 0.6 is 0 Å². The predicted octanol–water partition coefficient (Wildman–Crippen LogP) is 2.03. The highest BCUT2D eigenvalue weighted by molar-refractivity contribution is 6.03. The van der Waals surface area contributed by atoms with Crippen molar-refractivity contribution in [3.8, 4) is 0 Å². The van der Waals surface area contributed by atoms with Crippen molar-refractivity contribution in [1.29, 1.82) is 0 Å². The van der Waals surface area contributed by atoms with Gasteiger partial charge in [-0.15, -0.1) is 0 Å². The summed E-state index contributed by atoms with van der Waals surface area (Å²) in [7, 11) is 0. The van der Waals surface area contributed by atoms with Crippen molar-refractivity contribution in [2.24, 2.45) is 5.10 Å². The summed E-state index contributed by atoms with van der Waals surface area (Å²) in [5, 5.41) is 13.3. The van der Waals surface area contributed by atoms with Crippen LogP contribution in [0.3, 0.4) is 0 Å². The Morgan fingerprint density at radius 1 is 1.35 bits per heavy atom. The van der Waals surface area contributed by atoms with E-state index in [0.29, 0.717) is 0 Å². The summed E-state index contributed by atoms with van der Waals surface area (Å²) in [5.41, 5.74) is -3.31. The van der Waals surface area contributed by atoms with Gasteiger partial charge < -0.3 is 5.11 Å². The Balaban J connectivity index is 2.42. The number of benzene rings is 1. The number of alkyl halides is 3. The molecule has 1 aromatic rings. The summed E-state index contributed by atoms with van der Waals surface area (Å²) in [6.07, 6.45) is -5.95. The van der Waals surface area contributed by atoms with Crippen LogP contribution in [0.15, 0.2) is 29.4 Å². The van der Waals surface area contributed by atoms with E-state index in [1.807, 2.05) is 0 Å². The molecule has 0 aliphatic carbocycles. The van der Waals surface area contributed by atoms with Gasteiger partial charge in [0.25, 0.3) is 5.72 Å². The van der Waals surface area contributed by atoms with Crippen LogP contribution in [0.5, 0.6) is 0 Å². The average Bonchev–Trinajstić information content (AvgIpc) is 2.69. The molecule has 1 unspecified atom stereocenters. The number of hydrogen-bond acceptors (Lipinski definition) is 3. The van der Waals surface area contributed by atoms with E-state index >= 15 is 0 Å². The van der Waals surface area contributed by atoms with Gasteiger partial charge in [-0.05, 0) is 17.7 Å². The van der Waals surface area contributed by atoms with Crippen molar-refractivity contribution in [1.82, 2.24) is 5.01 Å². The van der Waals surface area contributed by atoms with Crippen molar-refractivity contribution in [3.63, 3.8) is 0 Å². The zero-order valence-corrected chi connectivity index (χ0v) is 10.3. The van der Waals surface area contributed by atoms with Crippen molar-refractivity contribution in [3.05, 3.63) is 35.6 Å². The lowest BCUT2D eigenvalue weighted by molar-refractivity contribution is -0.301. The fourth-order valence-corrected chi connectivity index (χ4v) is 1.90. The number of rotatable bonds is 1. The Hall–Kier alpha value is -1.96. The molecular formula is C12H10F4N2O2. The molecule has 0 fully saturated rings. The minimum absolute atomic E-state index is 0.00565. The maximum Gasteiger partial charge on any atom is 0.438 e. The van der Waals surface area contributed by atoms with E-state index in [1.165, 1.54) is 12.1 Å². The number of carbonyl (C=O) groups is 1. The van der Waals surface area contributed by atoms with Gasteiger partial charge in [0.2, 0.25) is 5.91 Å². The molecule has 0 bridgehead atoms. The van der Waals surface area contributed by atoms with E-state index in [1.54, 1.807) is 0 Å². The lowest BCUT2D eigenvalue weighted by Crippen LogP contribution is -2.56. The van der Waals surface area contributed by atoms with Gasteiger partial charge in [-0.3, -0.25) is 4.79 Å². The second-order valence-corrected chi connectivity index (χ2v) is 4.38. The molecule has 4 nitrogen and oxygen atoms in total. The SMILES string of the molecule is CC(=O)N1N=C(c2ccc(F)cc2)CC1(O)C(F)(F)F. The number of hydrazone groups is 1. The minimum Gasteiger partial charge on any atom is -0.362 e. The van der Waals surface area contributed by atoms with Gasteiger partial charge in [-0.25, -0.2) is 4.39 Å². The molecule has 20 heavy (non-hydrogen) atoms.